The van der Waals surface area contributed by atoms with Gasteiger partial charge in [-0.1, -0.05) is 0 Å². The summed E-state index contributed by atoms with van der Waals surface area (Å²) in [5.74, 6) is 1.07. The van der Waals surface area contributed by atoms with Gasteiger partial charge >= 0.3 is 0 Å². The fraction of sp³-hybridized carbons (Fsp3) is 0.333. The molecule has 1 aromatic carbocycles. The first kappa shape index (κ1) is 17.8. The Labute approximate surface area is 168 Å². The van der Waals surface area contributed by atoms with Gasteiger partial charge in [0.1, 0.15) is 17.1 Å². The lowest BCUT2D eigenvalue weighted by molar-refractivity contribution is 0.474. The van der Waals surface area contributed by atoms with Gasteiger partial charge in [0.2, 0.25) is 0 Å². The van der Waals surface area contributed by atoms with E-state index >= 15 is 0 Å². The zero-order valence-corrected chi connectivity index (χ0v) is 16.7. The number of aromatic nitrogens is 5. The van der Waals surface area contributed by atoms with Crippen LogP contribution in [0, 0.1) is 6.92 Å². The second kappa shape index (κ2) is 6.66. The molecule has 1 atom stereocenters. The number of likely N-dealkylation sites (N-methyl/N-ethyl adjacent to an activating group) is 1. The first-order valence-electron chi connectivity index (χ1n) is 9.76. The molecule has 1 saturated heterocycles. The molecule has 0 amide bonds. The van der Waals surface area contributed by atoms with E-state index in [1.165, 1.54) is 0 Å². The second-order valence-electron chi connectivity index (χ2n) is 7.63. The Morgan fingerprint density at radius 3 is 2.90 bits per heavy atom. The minimum absolute atomic E-state index is 0.197. The lowest BCUT2D eigenvalue weighted by Crippen LogP contribution is -2.29. The number of anilines is 1. The highest BCUT2D eigenvalue weighted by Crippen LogP contribution is 2.36. The number of nitrogens with one attached hydrogen (secondary N) is 1. The van der Waals surface area contributed by atoms with E-state index in [0.717, 1.165) is 47.3 Å². The van der Waals surface area contributed by atoms with E-state index < -0.39 is 0 Å². The molecule has 1 fully saturated rings. The molecule has 0 aliphatic carbocycles. The standard InChI is InChI=1S/C21H23N7O/c1-12-19-13(10-27(3)26-19)8-15(20(12)29)16-4-5-17-21(25-16)23-9-18(24-17)28-7-6-14(11-28)22-2/h4-5,8-10,14,22,29H,6-7,11H2,1-3H3. The number of aromatic hydroxyl groups is 1. The van der Waals surface area contributed by atoms with Gasteiger partial charge in [-0.05, 0) is 38.6 Å². The van der Waals surface area contributed by atoms with Crippen molar-refractivity contribution < 1.29 is 5.11 Å². The van der Waals surface area contributed by atoms with Crippen molar-refractivity contribution in [2.75, 3.05) is 25.0 Å². The SMILES string of the molecule is CNC1CCN(c2cnc3nc(-c4cc5cn(C)nc5c(C)c4O)ccc3n2)C1. The van der Waals surface area contributed by atoms with Crippen LogP contribution in [-0.2, 0) is 7.05 Å². The molecular formula is C21H23N7O. The third-order valence-corrected chi connectivity index (χ3v) is 5.71. The van der Waals surface area contributed by atoms with Crippen LogP contribution in [0.2, 0.25) is 0 Å². The van der Waals surface area contributed by atoms with Gasteiger partial charge in [0, 0.05) is 48.9 Å². The molecule has 1 aliphatic heterocycles. The van der Waals surface area contributed by atoms with Crippen LogP contribution in [-0.4, -0.2) is 56.0 Å². The van der Waals surface area contributed by atoms with Gasteiger partial charge in [-0.3, -0.25) is 4.68 Å². The van der Waals surface area contributed by atoms with Gasteiger partial charge in [-0.2, -0.15) is 5.10 Å². The maximum atomic E-state index is 10.7. The molecule has 5 rings (SSSR count). The first-order valence-corrected chi connectivity index (χ1v) is 9.76. The Kier molecular flexibility index (Phi) is 4.09. The van der Waals surface area contributed by atoms with E-state index in [1.807, 2.05) is 45.4 Å². The number of fused-ring (bicyclic) bond motifs is 2. The topological polar surface area (TPSA) is 92.0 Å². The lowest BCUT2D eigenvalue weighted by Gasteiger charge is -2.17. The van der Waals surface area contributed by atoms with Crippen molar-refractivity contribution >= 4 is 27.9 Å². The molecule has 1 unspecified atom stereocenters. The van der Waals surface area contributed by atoms with E-state index in [9.17, 15) is 5.11 Å². The van der Waals surface area contributed by atoms with E-state index in [-0.39, 0.29) is 5.75 Å². The first-order chi connectivity index (χ1) is 14.0. The summed E-state index contributed by atoms with van der Waals surface area (Å²) in [6.07, 6.45) is 4.82. The summed E-state index contributed by atoms with van der Waals surface area (Å²) in [5.41, 5.74) is 4.20. The summed E-state index contributed by atoms with van der Waals surface area (Å²) in [7, 11) is 3.86. The van der Waals surface area contributed by atoms with E-state index in [0.29, 0.717) is 22.9 Å². The normalized spacial score (nSPS) is 16.9. The molecule has 0 saturated carbocycles. The molecule has 3 aromatic heterocycles. The number of benzene rings is 1. The maximum Gasteiger partial charge on any atom is 0.178 e. The fourth-order valence-corrected chi connectivity index (χ4v) is 4.04. The van der Waals surface area contributed by atoms with Crippen molar-refractivity contribution in [3.8, 4) is 17.0 Å². The van der Waals surface area contributed by atoms with Crippen molar-refractivity contribution in [3.63, 3.8) is 0 Å². The molecule has 8 nitrogen and oxygen atoms in total. The van der Waals surface area contributed by atoms with Gasteiger partial charge in [-0.15, -0.1) is 0 Å². The van der Waals surface area contributed by atoms with Crippen LogP contribution < -0.4 is 10.2 Å². The predicted octanol–water partition coefficient (Wildman–Crippen LogP) is 2.39. The molecule has 8 heteroatoms. The minimum atomic E-state index is 0.197. The summed E-state index contributed by atoms with van der Waals surface area (Å²) >= 11 is 0. The second-order valence-corrected chi connectivity index (χ2v) is 7.63. The lowest BCUT2D eigenvalue weighted by atomic mass is 10.0. The number of aryl methyl sites for hydroxylation is 2. The number of pyridine rings is 1. The zero-order chi connectivity index (χ0) is 20.1. The zero-order valence-electron chi connectivity index (χ0n) is 16.7. The number of phenolic OH excluding ortho intramolecular Hbond substituents is 1. The number of phenols is 1. The number of nitrogens with zero attached hydrogens (tertiary/aromatic N) is 6. The minimum Gasteiger partial charge on any atom is -0.507 e. The van der Waals surface area contributed by atoms with E-state index in [2.05, 4.69) is 25.3 Å². The highest BCUT2D eigenvalue weighted by molar-refractivity contribution is 5.91. The van der Waals surface area contributed by atoms with Crippen LogP contribution >= 0.6 is 0 Å². The quantitative estimate of drug-likeness (QED) is 0.556. The van der Waals surface area contributed by atoms with Crippen LogP contribution in [0.1, 0.15) is 12.0 Å². The molecule has 4 heterocycles. The van der Waals surface area contributed by atoms with E-state index in [4.69, 9.17) is 4.98 Å². The molecule has 1 aliphatic rings. The summed E-state index contributed by atoms with van der Waals surface area (Å²) < 4.78 is 1.75. The Hall–Kier alpha value is -3.26. The van der Waals surface area contributed by atoms with Gasteiger partial charge < -0.3 is 15.3 Å². The van der Waals surface area contributed by atoms with Crippen LogP contribution in [0.5, 0.6) is 5.75 Å². The summed E-state index contributed by atoms with van der Waals surface area (Å²) in [5, 5.41) is 19.4. The maximum absolute atomic E-state index is 10.7. The number of rotatable bonds is 3. The Bertz CT molecular complexity index is 1230. The van der Waals surface area contributed by atoms with Crippen molar-refractivity contribution in [2.24, 2.45) is 7.05 Å². The number of hydrogen-bond acceptors (Lipinski definition) is 7. The average Bonchev–Trinajstić information content (AvgIpc) is 3.36. The van der Waals surface area contributed by atoms with E-state index in [1.54, 1.807) is 10.9 Å². The third kappa shape index (κ3) is 2.96. The van der Waals surface area contributed by atoms with Crippen molar-refractivity contribution in [1.29, 1.82) is 0 Å². The van der Waals surface area contributed by atoms with Crippen LogP contribution in [0.4, 0.5) is 5.82 Å². The van der Waals surface area contributed by atoms with Gasteiger partial charge in [0.15, 0.2) is 5.65 Å². The van der Waals surface area contributed by atoms with Crippen molar-refractivity contribution in [2.45, 2.75) is 19.4 Å². The largest absolute Gasteiger partial charge is 0.507 e. The van der Waals surface area contributed by atoms with Gasteiger partial charge in [0.05, 0.1) is 17.4 Å². The molecule has 2 N–H and O–H groups in total. The van der Waals surface area contributed by atoms with Crippen molar-refractivity contribution in [3.05, 3.63) is 36.2 Å². The summed E-state index contributed by atoms with van der Waals surface area (Å²) in [6.45, 7) is 3.77. The molecule has 4 aromatic rings. The Morgan fingerprint density at radius 2 is 2.10 bits per heavy atom. The van der Waals surface area contributed by atoms with Gasteiger partial charge in [0.25, 0.3) is 0 Å². The fourth-order valence-electron chi connectivity index (χ4n) is 4.04. The predicted molar refractivity (Wildman–Crippen MR) is 113 cm³/mol. The highest BCUT2D eigenvalue weighted by Gasteiger charge is 2.22. The Balaban J connectivity index is 1.54. The van der Waals surface area contributed by atoms with Crippen LogP contribution in [0.25, 0.3) is 33.3 Å². The summed E-state index contributed by atoms with van der Waals surface area (Å²) in [4.78, 5) is 16.2. The third-order valence-electron chi connectivity index (χ3n) is 5.71. The molecular weight excluding hydrogens is 366 g/mol. The molecule has 29 heavy (non-hydrogen) atoms. The monoisotopic (exact) mass is 389 g/mol. The summed E-state index contributed by atoms with van der Waals surface area (Å²) in [6, 6.07) is 6.21. The molecule has 148 valence electrons. The van der Waals surface area contributed by atoms with Crippen LogP contribution in [0.15, 0.2) is 30.6 Å². The Morgan fingerprint density at radius 1 is 1.24 bits per heavy atom. The van der Waals surface area contributed by atoms with Crippen molar-refractivity contribution in [1.82, 2.24) is 30.0 Å². The smallest absolute Gasteiger partial charge is 0.178 e. The average molecular weight is 389 g/mol. The molecule has 0 bridgehead atoms. The highest BCUT2D eigenvalue weighted by atomic mass is 16.3. The number of hydrogen-bond donors (Lipinski definition) is 2. The molecule has 0 spiro atoms. The van der Waals surface area contributed by atoms with Crippen LogP contribution in [0.3, 0.4) is 0 Å². The molecule has 0 radical (unpaired) electrons. The van der Waals surface area contributed by atoms with Gasteiger partial charge in [-0.25, -0.2) is 15.0 Å².